The van der Waals surface area contributed by atoms with E-state index in [0.717, 1.165) is 6.07 Å². The molecule has 0 fully saturated rings. The number of amides is 1. The molecule has 0 saturated heterocycles. The number of fused-ring (bicyclic) bond motifs is 1. The fourth-order valence-electron chi connectivity index (χ4n) is 2.78. The zero-order valence-corrected chi connectivity index (χ0v) is 16.2. The number of carbonyl (C=O) groups is 1. The standard InChI is InChI=1S/C22H14FN5O3/c1-30-18-11-14(23)6-7-17(18)31-22-20(26-15-4-2-3-5-16(15)27-22)21(29)28-19-10-13(12-24)8-9-25-19/h2-11H,1H3,(H,25,28,29). The van der Waals surface area contributed by atoms with Crippen LogP contribution in [0.4, 0.5) is 10.2 Å². The third-order valence-corrected chi connectivity index (χ3v) is 4.22. The number of nitrogens with one attached hydrogen (secondary N) is 1. The van der Waals surface area contributed by atoms with Gasteiger partial charge in [-0.1, -0.05) is 12.1 Å². The van der Waals surface area contributed by atoms with Crippen LogP contribution in [0.5, 0.6) is 17.4 Å². The van der Waals surface area contributed by atoms with Gasteiger partial charge in [-0.3, -0.25) is 4.79 Å². The molecule has 4 rings (SSSR count). The first-order chi connectivity index (χ1) is 15.1. The van der Waals surface area contributed by atoms with E-state index in [2.05, 4.69) is 20.3 Å². The lowest BCUT2D eigenvalue weighted by Crippen LogP contribution is -2.17. The number of halogens is 1. The zero-order valence-electron chi connectivity index (χ0n) is 16.2. The molecule has 152 valence electrons. The first-order valence-corrected chi connectivity index (χ1v) is 9.03. The van der Waals surface area contributed by atoms with E-state index >= 15 is 0 Å². The van der Waals surface area contributed by atoms with Crippen molar-refractivity contribution in [2.45, 2.75) is 0 Å². The van der Waals surface area contributed by atoms with Gasteiger partial charge in [-0.25, -0.2) is 19.3 Å². The highest BCUT2D eigenvalue weighted by molar-refractivity contribution is 6.05. The monoisotopic (exact) mass is 415 g/mol. The number of ether oxygens (including phenoxy) is 2. The molecule has 0 aliphatic carbocycles. The summed E-state index contributed by atoms with van der Waals surface area (Å²) >= 11 is 0. The molecule has 0 spiro atoms. The van der Waals surface area contributed by atoms with E-state index in [-0.39, 0.29) is 28.9 Å². The van der Waals surface area contributed by atoms with E-state index in [1.54, 1.807) is 24.3 Å². The maximum Gasteiger partial charge on any atom is 0.281 e. The average Bonchev–Trinajstić information content (AvgIpc) is 2.79. The molecule has 2 aromatic carbocycles. The second-order valence-electron chi connectivity index (χ2n) is 6.26. The van der Waals surface area contributed by atoms with Gasteiger partial charge >= 0.3 is 0 Å². The first kappa shape index (κ1) is 19.7. The van der Waals surface area contributed by atoms with E-state index in [0.29, 0.717) is 16.6 Å². The molecule has 0 bridgehead atoms. The summed E-state index contributed by atoms with van der Waals surface area (Å²) in [5.41, 5.74) is 1.20. The highest BCUT2D eigenvalue weighted by Gasteiger charge is 2.21. The van der Waals surface area contributed by atoms with Crippen molar-refractivity contribution in [2.24, 2.45) is 0 Å². The number of benzene rings is 2. The van der Waals surface area contributed by atoms with Gasteiger partial charge in [-0.15, -0.1) is 0 Å². The quantitative estimate of drug-likeness (QED) is 0.523. The molecule has 0 radical (unpaired) electrons. The topological polar surface area (TPSA) is 110 Å². The first-order valence-electron chi connectivity index (χ1n) is 9.03. The van der Waals surface area contributed by atoms with Crippen molar-refractivity contribution < 1.29 is 18.7 Å². The molecule has 0 atom stereocenters. The smallest absolute Gasteiger partial charge is 0.281 e. The Bertz CT molecular complexity index is 1340. The van der Waals surface area contributed by atoms with Crippen molar-refractivity contribution in [1.29, 1.82) is 5.26 Å². The van der Waals surface area contributed by atoms with E-state index in [4.69, 9.17) is 14.7 Å². The Morgan fingerprint density at radius 3 is 2.58 bits per heavy atom. The molecule has 0 saturated carbocycles. The number of aromatic nitrogens is 3. The maximum absolute atomic E-state index is 13.5. The summed E-state index contributed by atoms with van der Waals surface area (Å²) in [6, 6.07) is 15.6. The minimum absolute atomic E-state index is 0.0995. The van der Waals surface area contributed by atoms with Gasteiger partial charge in [0.2, 0.25) is 0 Å². The summed E-state index contributed by atoms with van der Waals surface area (Å²) in [5.74, 6) is -0.786. The Labute approximate surface area is 175 Å². The summed E-state index contributed by atoms with van der Waals surface area (Å²) < 4.78 is 24.5. The molecule has 0 unspecified atom stereocenters. The van der Waals surface area contributed by atoms with Crippen molar-refractivity contribution in [3.8, 4) is 23.4 Å². The van der Waals surface area contributed by atoms with Gasteiger partial charge in [0.05, 0.1) is 29.8 Å². The number of hydrogen-bond acceptors (Lipinski definition) is 7. The van der Waals surface area contributed by atoms with Crippen LogP contribution in [0.2, 0.25) is 0 Å². The molecule has 9 heteroatoms. The van der Waals surface area contributed by atoms with Gasteiger partial charge in [0.25, 0.3) is 11.8 Å². The normalized spacial score (nSPS) is 10.4. The van der Waals surface area contributed by atoms with Crippen LogP contribution in [-0.4, -0.2) is 28.0 Å². The molecule has 4 aromatic rings. The van der Waals surface area contributed by atoms with Crippen molar-refractivity contribution in [2.75, 3.05) is 12.4 Å². The van der Waals surface area contributed by atoms with Crippen LogP contribution in [0, 0.1) is 17.1 Å². The lowest BCUT2D eigenvalue weighted by Gasteiger charge is -2.13. The zero-order chi connectivity index (χ0) is 21.8. The number of methoxy groups -OCH3 is 1. The molecular formula is C22H14FN5O3. The largest absolute Gasteiger partial charge is 0.493 e. The lowest BCUT2D eigenvalue weighted by atomic mass is 10.2. The fourth-order valence-corrected chi connectivity index (χ4v) is 2.78. The Kier molecular flexibility index (Phi) is 5.36. The predicted molar refractivity (Wildman–Crippen MR) is 109 cm³/mol. The molecule has 2 heterocycles. The molecule has 2 aromatic heterocycles. The van der Waals surface area contributed by atoms with Gasteiger partial charge in [0, 0.05) is 12.3 Å². The van der Waals surface area contributed by atoms with E-state index in [1.807, 2.05) is 6.07 Å². The van der Waals surface area contributed by atoms with E-state index < -0.39 is 11.7 Å². The Hall–Kier alpha value is -4.58. The van der Waals surface area contributed by atoms with Gasteiger partial charge < -0.3 is 14.8 Å². The fraction of sp³-hybridized carbons (Fsp3) is 0.0455. The summed E-state index contributed by atoms with van der Waals surface area (Å²) in [6.45, 7) is 0. The highest BCUT2D eigenvalue weighted by Crippen LogP contribution is 2.33. The number of carbonyl (C=O) groups excluding carboxylic acids is 1. The lowest BCUT2D eigenvalue weighted by molar-refractivity contribution is 0.101. The van der Waals surface area contributed by atoms with Gasteiger partial charge in [0.1, 0.15) is 11.6 Å². The SMILES string of the molecule is COc1cc(F)ccc1Oc1nc2ccccc2nc1C(=O)Nc1cc(C#N)ccn1. The Balaban J connectivity index is 1.76. The Morgan fingerprint density at radius 2 is 1.84 bits per heavy atom. The summed E-state index contributed by atoms with van der Waals surface area (Å²) in [5, 5.41) is 11.6. The van der Waals surface area contributed by atoms with Crippen molar-refractivity contribution in [3.05, 3.63) is 77.9 Å². The Morgan fingerprint density at radius 1 is 1.06 bits per heavy atom. The second-order valence-corrected chi connectivity index (χ2v) is 6.26. The van der Waals surface area contributed by atoms with Crippen LogP contribution >= 0.6 is 0 Å². The van der Waals surface area contributed by atoms with Crippen LogP contribution in [0.3, 0.4) is 0 Å². The van der Waals surface area contributed by atoms with Crippen molar-refractivity contribution in [3.63, 3.8) is 0 Å². The number of pyridine rings is 1. The summed E-state index contributed by atoms with van der Waals surface area (Å²) in [4.78, 5) is 25.8. The molecule has 1 amide bonds. The summed E-state index contributed by atoms with van der Waals surface area (Å²) in [7, 11) is 1.37. The van der Waals surface area contributed by atoms with Crippen LogP contribution in [0.25, 0.3) is 11.0 Å². The predicted octanol–water partition coefficient (Wildman–Crippen LogP) is 4.09. The second kappa shape index (κ2) is 8.42. The van der Waals surface area contributed by atoms with Crippen molar-refractivity contribution in [1.82, 2.24) is 15.0 Å². The molecule has 1 N–H and O–H groups in total. The number of anilines is 1. The molecule has 0 aliphatic heterocycles. The van der Waals surface area contributed by atoms with Crippen LogP contribution in [0.1, 0.15) is 16.1 Å². The number of nitriles is 1. The van der Waals surface area contributed by atoms with E-state index in [1.165, 1.54) is 37.6 Å². The van der Waals surface area contributed by atoms with Gasteiger partial charge in [-0.05, 0) is 36.4 Å². The van der Waals surface area contributed by atoms with Crippen LogP contribution < -0.4 is 14.8 Å². The van der Waals surface area contributed by atoms with Crippen molar-refractivity contribution >= 4 is 22.8 Å². The van der Waals surface area contributed by atoms with E-state index in [9.17, 15) is 9.18 Å². The van der Waals surface area contributed by atoms with Gasteiger partial charge in [-0.2, -0.15) is 5.26 Å². The van der Waals surface area contributed by atoms with Crippen LogP contribution in [0.15, 0.2) is 60.8 Å². The number of hydrogen-bond donors (Lipinski definition) is 1. The molecule has 0 aliphatic rings. The van der Waals surface area contributed by atoms with Crippen LogP contribution in [-0.2, 0) is 0 Å². The molecular weight excluding hydrogens is 401 g/mol. The number of para-hydroxylation sites is 2. The molecule has 31 heavy (non-hydrogen) atoms. The number of rotatable bonds is 5. The minimum Gasteiger partial charge on any atom is -0.493 e. The van der Waals surface area contributed by atoms with Gasteiger partial charge in [0.15, 0.2) is 17.2 Å². The molecule has 8 nitrogen and oxygen atoms in total. The highest BCUT2D eigenvalue weighted by atomic mass is 19.1. The third kappa shape index (κ3) is 4.23. The number of nitrogens with zero attached hydrogens (tertiary/aromatic N) is 4. The average molecular weight is 415 g/mol. The third-order valence-electron chi connectivity index (χ3n) is 4.22. The summed E-state index contributed by atoms with van der Waals surface area (Å²) in [6.07, 6.45) is 1.40. The minimum atomic E-state index is -0.642. The maximum atomic E-state index is 13.5.